The van der Waals surface area contributed by atoms with E-state index in [-0.39, 0.29) is 23.2 Å². The van der Waals surface area contributed by atoms with Gasteiger partial charge in [-0.05, 0) is 58.8 Å². The van der Waals surface area contributed by atoms with Gasteiger partial charge in [-0.15, -0.1) is 0 Å². The summed E-state index contributed by atoms with van der Waals surface area (Å²) < 4.78 is 19.5. The highest BCUT2D eigenvalue weighted by Gasteiger charge is 2.17. The monoisotopic (exact) mass is 544 g/mol. The highest BCUT2D eigenvalue weighted by molar-refractivity contribution is 6.28. The van der Waals surface area contributed by atoms with Crippen LogP contribution in [0.2, 0.25) is 5.28 Å². The van der Waals surface area contributed by atoms with Crippen molar-refractivity contribution in [2.45, 2.75) is 39.2 Å². The molecule has 198 valence electrons. The lowest BCUT2D eigenvalue weighted by Gasteiger charge is -2.15. The molecule has 0 spiro atoms. The number of nitrogens with one attached hydrogen (secondary N) is 1. The van der Waals surface area contributed by atoms with Crippen molar-refractivity contribution in [1.82, 2.24) is 19.7 Å². The molecular weight excluding hydrogens is 519 g/mol. The van der Waals surface area contributed by atoms with Crippen LogP contribution in [-0.2, 0) is 19.4 Å². The third-order valence-electron chi connectivity index (χ3n) is 6.59. The van der Waals surface area contributed by atoms with Gasteiger partial charge in [-0.1, -0.05) is 79.2 Å². The number of hydrogen-bond donors (Lipinski definition) is 1. The van der Waals surface area contributed by atoms with E-state index in [2.05, 4.69) is 26.6 Å². The fourth-order valence-electron chi connectivity index (χ4n) is 4.54. The second-order valence-corrected chi connectivity index (χ2v) is 9.63. The number of benzene rings is 3. The first-order valence-corrected chi connectivity index (χ1v) is 13.1. The minimum absolute atomic E-state index is 0.122. The van der Waals surface area contributed by atoms with Crippen molar-refractivity contribution in [3.63, 3.8) is 0 Å². The molecule has 0 saturated carbocycles. The van der Waals surface area contributed by atoms with E-state index in [9.17, 15) is 14.0 Å². The summed E-state index contributed by atoms with van der Waals surface area (Å²) in [5, 5.41) is 3.94. The van der Waals surface area contributed by atoms with Gasteiger partial charge in [0.05, 0.1) is 12.2 Å². The summed E-state index contributed by atoms with van der Waals surface area (Å²) in [6, 6.07) is 21.4. The molecule has 0 aliphatic rings. The molecule has 2 aromatic heterocycles. The van der Waals surface area contributed by atoms with Crippen LogP contribution in [-0.4, -0.2) is 19.7 Å². The predicted molar refractivity (Wildman–Crippen MR) is 148 cm³/mol. The van der Waals surface area contributed by atoms with Crippen molar-refractivity contribution < 1.29 is 8.91 Å². The first kappa shape index (κ1) is 26.3. The molecule has 0 amide bonds. The van der Waals surface area contributed by atoms with Gasteiger partial charge in [0, 0.05) is 17.5 Å². The number of unbranched alkanes of at least 4 members (excludes halogenated alkanes) is 1. The summed E-state index contributed by atoms with van der Waals surface area (Å²) in [6.07, 6.45) is 2.89. The molecule has 2 heterocycles. The first-order chi connectivity index (χ1) is 18.9. The summed E-state index contributed by atoms with van der Waals surface area (Å²) in [5.74, 6) is -0.601. The van der Waals surface area contributed by atoms with Gasteiger partial charge in [0.15, 0.2) is 5.82 Å². The van der Waals surface area contributed by atoms with Gasteiger partial charge in [-0.25, -0.2) is 14.2 Å². The number of nitrogens with zero attached hydrogens (tertiary/aromatic N) is 3. The first-order valence-electron chi connectivity index (χ1n) is 12.7. The van der Waals surface area contributed by atoms with Crippen LogP contribution in [0.25, 0.3) is 22.5 Å². The lowest BCUT2D eigenvalue weighted by Crippen LogP contribution is -2.28. The van der Waals surface area contributed by atoms with E-state index in [1.807, 2.05) is 48.5 Å². The third kappa shape index (κ3) is 5.91. The zero-order chi connectivity index (χ0) is 27.4. The van der Waals surface area contributed by atoms with Crippen LogP contribution in [0.5, 0.6) is 0 Å². The summed E-state index contributed by atoms with van der Waals surface area (Å²) >= 11 is 6.47. The Bertz CT molecular complexity index is 1710. The highest BCUT2D eigenvalue weighted by atomic mass is 35.5. The lowest BCUT2D eigenvalue weighted by molar-refractivity contribution is 0.388. The van der Waals surface area contributed by atoms with Gasteiger partial charge >= 0.3 is 5.76 Å². The molecular formula is C30H26ClFN4O3. The second kappa shape index (κ2) is 11.6. The van der Waals surface area contributed by atoms with E-state index in [0.717, 1.165) is 40.7 Å². The van der Waals surface area contributed by atoms with Crippen LogP contribution < -0.4 is 11.3 Å². The quantitative estimate of drug-likeness (QED) is 0.229. The number of aromatic amines is 1. The van der Waals surface area contributed by atoms with Crippen LogP contribution in [0.4, 0.5) is 4.39 Å². The minimum atomic E-state index is -0.615. The van der Waals surface area contributed by atoms with Crippen molar-refractivity contribution in [2.24, 2.45) is 0 Å². The van der Waals surface area contributed by atoms with Gasteiger partial charge < -0.3 is 0 Å². The van der Waals surface area contributed by atoms with Crippen molar-refractivity contribution in [3.8, 4) is 22.5 Å². The average molecular weight is 545 g/mol. The topological polar surface area (TPSA) is 93.8 Å². The molecule has 0 bridgehead atoms. The Morgan fingerprint density at radius 3 is 2.31 bits per heavy atom. The zero-order valence-corrected chi connectivity index (χ0v) is 22.0. The number of H-pyrrole nitrogens is 1. The van der Waals surface area contributed by atoms with Crippen LogP contribution in [0.15, 0.2) is 86.9 Å². The van der Waals surface area contributed by atoms with Crippen LogP contribution in [0.1, 0.15) is 42.1 Å². The van der Waals surface area contributed by atoms with E-state index in [4.69, 9.17) is 11.6 Å². The molecule has 39 heavy (non-hydrogen) atoms. The smallest absolute Gasteiger partial charge is 0.296 e. The zero-order valence-electron chi connectivity index (χ0n) is 21.3. The lowest BCUT2D eigenvalue weighted by atomic mass is 9.96. The molecule has 5 rings (SSSR count). The van der Waals surface area contributed by atoms with Gasteiger partial charge in [0.25, 0.3) is 5.56 Å². The Morgan fingerprint density at radius 2 is 1.64 bits per heavy atom. The minimum Gasteiger partial charge on any atom is -0.296 e. The van der Waals surface area contributed by atoms with E-state index in [1.165, 1.54) is 16.7 Å². The molecule has 1 N–H and O–H groups in total. The molecule has 3 aromatic carbocycles. The van der Waals surface area contributed by atoms with Crippen molar-refractivity contribution in [2.75, 3.05) is 0 Å². The Balaban J connectivity index is 1.47. The van der Waals surface area contributed by atoms with Gasteiger partial charge in [-0.3, -0.25) is 18.9 Å². The molecule has 5 aromatic rings. The Hall–Kier alpha value is -4.30. The Labute approximate surface area is 228 Å². The van der Waals surface area contributed by atoms with E-state index < -0.39 is 5.76 Å². The summed E-state index contributed by atoms with van der Waals surface area (Å²) in [6.45, 7) is 2.29. The van der Waals surface area contributed by atoms with E-state index in [0.29, 0.717) is 29.9 Å². The molecule has 0 radical (unpaired) electrons. The van der Waals surface area contributed by atoms with Gasteiger partial charge in [-0.2, -0.15) is 0 Å². The average Bonchev–Trinajstić information content (AvgIpc) is 3.39. The SMILES string of the molecule is CCCCc1nc(Cl)n(Cc2ccc(F)cc2)c(=O)c1Cc1ccc(-c2ccccc2-c2noc(=O)[nH]2)cc1. The number of aromatic nitrogens is 4. The predicted octanol–water partition coefficient (Wildman–Crippen LogP) is 6.03. The molecule has 9 heteroatoms. The van der Waals surface area contributed by atoms with Crippen molar-refractivity contribution in [1.29, 1.82) is 0 Å². The van der Waals surface area contributed by atoms with E-state index in [1.54, 1.807) is 12.1 Å². The van der Waals surface area contributed by atoms with E-state index >= 15 is 0 Å². The Kier molecular flexibility index (Phi) is 7.84. The standard InChI is InChI=1S/C30H26ClFN4O3/c1-2-3-8-26-25(28(37)36(29(31)33-26)18-20-11-15-22(32)16-12-20)17-19-9-13-21(14-10-19)23-6-4-5-7-24(23)27-34-30(38)39-35-27/h4-7,9-16H,2-3,8,17-18H2,1H3,(H,34,35,38). The van der Waals surface area contributed by atoms with Gasteiger partial charge in [0.1, 0.15) is 5.82 Å². The Morgan fingerprint density at radius 1 is 0.949 bits per heavy atom. The fraction of sp³-hybridized carbons (Fsp3) is 0.200. The molecule has 0 unspecified atom stereocenters. The number of aryl methyl sites for hydroxylation is 1. The van der Waals surface area contributed by atoms with Crippen molar-refractivity contribution in [3.05, 3.63) is 127 Å². The fourth-order valence-corrected chi connectivity index (χ4v) is 4.78. The summed E-state index contributed by atoms with van der Waals surface area (Å²) in [7, 11) is 0. The maximum Gasteiger partial charge on any atom is 0.439 e. The summed E-state index contributed by atoms with van der Waals surface area (Å²) in [4.78, 5) is 32.3. The highest BCUT2D eigenvalue weighted by Crippen LogP contribution is 2.30. The van der Waals surface area contributed by atoms with Crippen molar-refractivity contribution >= 4 is 11.6 Å². The van der Waals surface area contributed by atoms with Crippen LogP contribution >= 0.6 is 11.6 Å². The number of hydrogen-bond acceptors (Lipinski definition) is 5. The second-order valence-electron chi connectivity index (χ2n) is 9.29. The third-order valence-corrected chi connectivity index (χ3v) is 6.88. The molecule has 0 aliphatic carbocycles. The number of rotatable bonds is 9. The molecule has 0 aliphatic heterocycles. The van der Waals surface area contributed by atoms with Gasteiger partial charge in [0.2, 0.25) is 5.28 Å². The molecule has 7 nitrogen and oxygen atoms in total. The normalized spacial score (nSPS) is 11.2. The summed E-state index contributed by atoms with van der Waals surface area (Å²) in [5.41, 5.74) is 5.34. The molecule has 0 atom stereocenters. The largest absolute Gasteiger partial charge is 0.439 e. The maximum absolute atomic E-state index is 13.7. The van der Waals surface area contributed by atoms with Crippen LogP contribution in [0.3, 0.4) is 0 Å². The molecule has 0 saturated heterocycles. The van der Waals surface area contributed by atoms with Crippen LogP contribution in [0, 0.1) is 5.82 Å². The number of halogens is 2. The molecule has 0 fully saturated rings. The maximum atomic E-state index is 13.7.